The van der Waals surface area contributed by atoms with Crippen LogP contribution in [0.25, 0.3) is 44.8 Å². The summed E-state index contributed by atoms with van der Waals surface area (Å²) in [5.74, 6) is 7.11. The van der Waals surface area contributed by atoms with Crippen molar-refractivity contribution in [3.63, 3.8) is 0 Å². The molecule has 7 rings (SSSR count). The predicted molar refractivity (Wildman–Crippen MR) is 124 cm³/mol. The van der Waals surface area contributed by atoms with Crippen LogP contribution in [0.4, 0.5) is 0 Å². The highest BCUT2D eigenvalue weighted by molar-refractivity contribution is 8.18. The summed E-state index contributed by atoms with van der Waals surface area (Å²) >= 11 is 2.42. The third-order valence-corrected chi connectivity index (χ3v) is 7.76. The number of hydrogen-bond donors (Lipinski definition) is 2. The van der Waals surface area contributed by atoms with Gasteiger partial charge in [-0.15, -0.1) is 20.4 Å². The van der Waals surface area contributed by atoms with Gasteiger partial charge in [-0.2, -0.15) is 0 Å². The molecule has 3 N–H and O–H groups in total. The Hall–Kier alpha value is -3.97. The minimum Gasteiger partial charge on any atom is -0.335 e. The topological polar surface area (TPSA) is 142 Å². The standard InChI is InChI=1S/C20H12N10OS2/c21-29-15-13(9-5-1-3-7-11(9)22-15)24-26-19(29)32-18-17(31)28-30-16-14(25-27-20(30)33-18)10-6-2-4-8-12(10)23-16/h1-8,18H,21H2,(H,28,31). The molecule has 11 nitrogen and oxygen atoms in total. The summed E-state index contributed by atoms with van der Waals surface area (Å²) in [5.41, 5.74) is 5.69. The second-order valence-corrected chi connectivity index (χ2v) is 9.76. The number of nitrogens with two attached hydrogens (primary N) is 1. The lowest BCUT2D eigenvalue weighted by Crippen LogP contribution is -2.37. The number of para-hydroxylation sites is 2. The summed E-state index contributed by atoms with van der Waals surface area (Å²) in [4.78, 5) is 22.1. The quantitative estimate of drug-likeness (QED) is 0.360. The molecule has 0 aromatic heterocycles. The Morgan fingerprint density at radius 3 is 2.27 bits per heavy atom. The zero-order chi connectivity index (χ0) is 22.1. The number of hydrogen-bond acceptors (Lipinski definition) is 10. The maximum atomic E-state index is 13.0. The summed E-state index contributed by atoms with van der Waals surface area (Å²) in [6.07, 6.45) is 0. The van der Waals surface area contributed by atoms with Gasteiger partial charge >= 0.3 is 0 Å². The zero-order valence-electron chi connectivity index (χ0n) is 16.6. The molecular weight excluding hydrogens is 460 g/mol. The SMILES string of the molecule is Nn1c(SC2Sc3nnc4c5ccccc5nc-4n3NC2=O)nnc2c3ccccc3nc1-2. The monoisotopic (exact) mass is 472 g/mol. The molecule has 0 spiro atoms. The maximum Gasteiger partial charge on any atom is 0.263 e. The Kier molecular flexibility index (Phi) is 3.81. The summed E-state index contributed by atoms with van der Waals surface area (Å²) in [6.45, 7) is 0. The van der Waals surface area contributed by atoms with Gasteiger partial charge in [-0.3, -0.25) is 10.2 Å². The van der Waals surface area contributed by atoms with Gasteiger partial charge in [0.05, 0.1) is 11.0 Å². The molecular formula is C20H12N10OS2. The lowest BCUT2D eigenvalue weighted by molar-refractivity contribution is -0.115. The summed E-state index contributed by atoms with van der Waals surface area (Å²) < 4.78 is 2.33. The van der Waals surface area contributed by atoms with Crippen molar-refractivity contribution in [2.75, 3.05) is 11.3 Å². The fraction of sp³-hybridized carbons (Fsp3) is 0.0500. The van der Waals surface area contributed by atoms with Crippen LogP contribution in [0.3, 0.4) is 0 Å². The van der Waals surface area contributed by atoms with Gasteiger partial charge in [0.2, 0.25) is 10.3 Å². The van der Waals surface area contributed by atoms with Crippen LogP contribution in [0.5, 0.6) is 0 Å². The number of amides is 1. The average molecular weight is 473 g/mol. The fourth-order valence-corrected chi connectivity index (χ4v) is 5.87. The van der Waals surface area contributed by atoms with E-state index < -0.39 is 4.58 Å². The molecule has 0 saturated carbocycles. The molecule has 5 aliphatic rings. The lowest BCUT2D eigenvalue weighted by Gasteiger charge is -2.25. The van der Waals surface area contributed by atoms with E-state index in [1.165, 1.54) is 28.2 Å². The first-order chi connectivity index (χ1) is 16.2. The van der Waals surface area contributed by atoms with Crippen molar-refractivity contribution in [2.45, 2.75) is 14.9 Å². The molecule has 33 heavy (non-hydrogen) atoms. The van der Waals surface area contributed by atoms with Crippen molar-refractivity contribution in [3.8, 4) is 23.0 Å². The van der Waals surface area contributed by atoms with Crippen molar-refractivity contribution >= 4 is 51.2 Å². The van der Waals surface area contributed by atoms with Crippen LogP contribution >= 0.6 is 23.5 Å². The smallest absolute Gasteiger partial charge is 0.263 e. The Balaban J connectivity index is 1.26. The van der Waals surface area contributed by atoms with E-state index in [1.807, 2.05) is 48.5 Å². The summed E-state index contributed by atoms with van der Waals surface area (Å²) in [5, 5.41) is 19.9. The lowest BCUT2D eigenvalue weighted by atomic mass is 10.2. The molecule has 0 bridgehead atoms. The highest BCUT2D eigenvalue weighted by Crippen LogP contribution is 2.40. The first kappa shape index (κ1) is 18.6. The molecule has 13 heteroatoms. The van der Waals surface area contributed by atoms with Crippen LogP contribution in [-0.4, -0.2) is 50.2 Å². The summed E-state index contributed by atoms with van der Waals surface area (Å²) in [7, 11) is 0. The maximum absolute atomic E-state index is 13.0. The van der Waals surface area contributed by atoms with Gasteiger partial charge in [-0.25, -0.2) is 19.3 Å². The molecule has 5 aliphatic heterocycles. The van der Waals surface area contributed by atoms with Gasteiger partial charge < -0.3 is 5.84 Å². The molecule has 2 aromatic rings. The van der Waals surface area contributed by atoms with Crippen molar-refractivity contribution < 1.29 is 4.79 Å². The number of rotatable bonds is 2. The van der Waals surface area contributed by atoms with Gasteiger partial charge in [-0.05, 0) is 12.1 Å². The van der Waals surface area contributed by atoms with E-state index in [2.05, 4.69) is 35.8 Å². The second kappa shape index (κ2) is 6.76. The van der Waals surface area contributed by atoms with Crippen LogP contribution in [-0.2, 0) is 4.79 Å². The highest BCUT2D eigenvalue weighted by Gasteiger charge is 2.34. The number of nitrogens with zero attached hydrogens (tertiary/aromatic N) is 8. The second-order valence-electron chi connectivity index (χ2n) is 7.32. The third kappa shape index (κ3) is 2.69. The normalized spacial score (nSPS) is 16.0. The van der Waals surface area contributed by atoms with Crippen molar-refractivity contribution in [1.29, 1.82) is 0 Å². The largest absolute Gasteiger partial charge is 0.335 e. The number of aromatic nitrogens is 8. The molecule has 1 unspecified atom stereocenters. The average Bonchev–Trinajstić information content (AvgIpc) is 3.40. The number of thioether (sulfide) groups is 2. The predicted octanol–water partition coefficient (Wildman–Crippen LogP) is 2.18. The molecule has 1 amide bonds. The number of carbonyl (C=O) groups excluding carboxylic acids is 1. The molecule has 0 fully saturated rings. The molecule has 160 valence electrons. The van der Waals surface area contributed by atoms with Crippen molar-refractivity contribution in [1.82, 2.24) is 39.7 Å². The van der Waals surface area contributed by atoms with Gasteiger partial charge in [0, 0.05) is 10.8 Å². The third-order valence-electron chi connectivity index (χ3n) is 5.36. The molecule has 5 heterocycles. The van der Waals surface area contributed by atoms with Crippen LogP contribution in [0.1, 0.15) is 0 Å². The number of carbonyl (C=O) groups is 1. The number of benzene rings is 2. The number of nitrogen functional groups attached to an aromatic ring is 1. The van der Waals surface area contributed by atoms with E-state index in [4.69, 9.17) is 5.84 Å². The molecule has 0 aliphatic carbocycles. The van der Waals surface area contributed by atoms with E-state index in [0.717, 1.165) is 21.8 Å². The van der Waals surface area contributed by atoms with Crippen LogP contribution in [0.2, 0.25) is 0 Å². The van der Waals surface area contributed by atoms with Gasteiger partial charge in [0.25, 0.3) is 5.91 Å². The fourth-order valence-electron chi connectivity index (χ4n) is 3.84. The minimum absolute atomic E-state index is 0.244. The minimum atomic E-state index is -0.605. The number of nitrogens with one attached hydrogen (secondary N) is 1. The van der Waals surface area contributed by atoms with Gasteiger partial charge in [0.15, 0.2) is 11.6 Å². The van der Waals surface area contributed by atoms with E-state index >= 15 is 0 Å². The van der Waals surface area contributed by atoms with Crippen molar-refractivity contribution in [2.24, 2.45) is 0 Å². The molecule has 0 saturated heterocycles. The van der Waals surface area contributed by atoms with E-state index in [0.29, 0.717) is 33.3 Å². The van der Waals surface area contributed by atoms with E-state index in [-0.39, 0.29) is 5.91 Å². The van der Waals surface area contributed by atoms with Crippen LogP contribution in [0, 0.1) is 0 Å². The number of fused-ring (bicyclic) bond motifs is 8. The van der Waals surface area contributed by atoms with Crippen molar-refractivity contribution in [3.05, 3.63) is 48.5 Å². The molecule has 2 aromatic carbocycles. The Morgan fingerprint density at radius 1 is 0.879 bits per heavy atom. The Morgan fingerprint density at radius 2 is 1.52 bits per heavy atom. The van der Waals surface area contributed by atoms with Gasteiger partial charge in [-0.1, -0.05) is 59.9 Å². The zero-order valence-corrected chi connectivity index (χ0v) is 18.2. The Bertz CT molecular complexity index is 1660. The Labute approximate surface area is 193 Å². The molecule has 1 atom stereocenters. The van der Waals surface area contributed by atoms with Crippen LogP contribution in [0.15, 0.2) is 58.8 Å². The first-order valence-electron chi connectivity index (χ1n) is 9.84. The van der Waals surface area contributed by atoms with Crippen LogP contribution < -0.4 is 11.3 Å². The highest BCUT2D eigenvalue weighted by atomic mass is 32.2. The van der Waals surface area contributed by atoms with Gasteiger partial charge in [0.1, 0.15) is 16.0 Å². The van der Waals surface area contributed by atoms with E-state index in [1.54, 1.807) is 4.68 Å². The van der Waals surface area contributed by atoms with E-state index in [9.17, 15) is 4.79 Å². The summed E-state index contributed by atoms with van der Waals surface area (Å²) in [6, 6.07) is 15.3. The molecule has 0 radical (unpaired) electrons. The first-order valence-corrected chi connectivity index (χ1v) is 11.6.